The summed E-state index contributed by atoms with van der Waals surface area (Å²) in [6.07, 6.45) is 0. The highest BCUT2D eigenvalue weighted by Crippen LogP contribution is 2.22. The molecule has 0 amide bonds. The van der Waals surface area contributed by atoms with E-state index in [1.807, 2.05) is 6.07 Å². The van der Waals surface area contributed by atoms with E-state index in [1.54, 1.807) is 18.2 Å². The number of ether oxygens (including phenoxy) is 3. The number of rotatable bonds is 7. The first kappa shape index (κ1) is 13.3. The highest BCUT2D eigenvalue weighted by atomic mass is 16.5. The summed E-state index contributed by atoms with van der Waals surface area (Å²) in [6.45, 7) is 1.04. The molecule has 0 spiro atoms. The molecule has 92 valence electrons. The minimum absolute atomic E-state index is 0.00224. The summed E-state index contributed by atoms with van der Waals surface area (Å²) in [7, 11) is 1.53. The number of methoxy groups -OCH3 is 1. The second-order valence-corrected chi connectivity index (χ2v) is 3.19. The lowest BCUT2D eigenvalue weighted by Gasteiger charge is -2.08. The summed E-state index contributed by atoms with van der Waals surface area (Å²) in [4.78, 5) is 0. The Balaban J connectivity index is 2.50. The van der Waals surface area contributed by atoms with Crippen LogP contribution >= 0.6 is 0 Å². The van der Waals surface area contributed by atoms with Crippen LogP contribution in [0.1, 0.15) is 5.56 Å². The van der Waals surface area contributed by atoms with Gasteiger partial charge in [0.05, 0.1) is 38.6 Å². The van der Waals surface area contributed by atoms with Gasteiger partial charge in [-0.3, -0.25) is 0 Å². The van der Waals surface area contributed by atoms with Crippen LogP contribution in [0, 0.1) is 11.3 Å². The average Bonchev–Trinajstić information content (AvgIpc) is 2.38. The third kappa shape index (κ3) is 4.72. The molecule has 0 aliphatic heterocycles. The summed E-state index contributed by atoms with van der Waals surface area (Å²) < 4.78 is 15.5. The monoisotopic (exact) mass is 237 g/mol. The van der Waals surface area contributed by atoms with Crippen molar-refractivity contribution in [3.05, 3.63) is 23.8 Å². The van der Waals surface area contributed by atoms with Crippen molar-refractivity contribution in [1.82, 2.24) is 0 Å². The van der Waals surface area contributed by atoms with Crippen LogP contribution in [0.5, 0.6) is 11.5 Å². The first-order chi connectivity index (χ1) is 8.30. The highest BCUT2D eigenvalue weighted by molar-refractivity contribution is 5.43. The van der Waals surface area contributed by atoms with Crippen LogP contribution in [0.15, 0.2) is 18.2 Å². The van der Waals surface area contributed by atoms with E-state index < -0.39 is 0 Å². The first-order valence-electron chi connectivity index (χ1n) is 5.20. The number of nitriles is 1. The molecule has 0 radical (unpaired) electrons. The Hall–Kier alpha value is -1.77. The van der Waals surface area contributed by atoms with Crippen molar-refractivity contribution in [2.45, 2.75) is 0 Å². The maximum Gasteiger partial charge on any atom is 0.124 e. The molecule has 0 unspecified atom stereocenters. The zero-order valence-electron chi connectivity index (χ0n) is 9.68. The van der Waals surface area contributed by atoms with Gasteiger partial charge in [0.15, 0.2) is 0 Å². The molecule has 0 aromatic heterocycles. The second kappa shape index (κ2) is 7.49. The standard InChI is InChI=1S/C12H15NO4/c1-15-11-6-10(9-13)7-12(8-11)17-5-4-16-3-2-14/h6-8,14H,2-5H2,1H3. The normalized spacial score (nSPS) is 9.71. The van der Waals surface area contributed by atoms with E-state index in [1.165, 1.54) is 7.11 Å². The van der Waals surface area contributed by atoms with Gasteiger partial charge in [-0.1, -0.05) is 0 Å². The Morgan fingerprint density at radius 2 is 1.94 bits per heavy atom. The number of hydrogen-bond acceptors (Lipinski definition) is 5. The minimum atomic E-state index is -0.00224. The lowest BCUT2D eigenvalue weighted by Crippen LogP contribution is -2.09. The van der Waals surface area contributed by atoms with Crippen LogP contribution in [-0.4, -0.2) is 38.6 Å². The molecule has 5 heteroatoms. The van der Waals surface area contributed by atoms with E-state index in [0.29, 0.717) is 36.9 Å². The quantitative estimate of drug-likeness (QED) is 0.715. The maximum atomic E-state index is 8.81. The fourth-order valence-corrected chi connectivity index (χ4v) is 1.22. The van der Waals surface area contributed by atoms with Crippen molar-refractivity contribution in [2.24, 2.45) is 0 Å². The van der Waals surface area contributed by atoms with Crippen molar-refractivity contribution in [3.63, 3.8) is 0 Å². The van der Waals surface area contributed by atoms with E-state index in [4.69, 9.17) is 24.6 Å². The molecule has 5 nitrogen and oxygen atoms in total. The number of nitrogens with zero attached hydrogens (tertiary/aromatic N) is 1. The molecule has 0 fully saturated rings. The SMILES string of the molecule is COc1cc(C#N)cc(OCCOCCO)c1. The van der Waals surface area contributed by atoms with Crippen LogP contribution in [0.25, 0.3) is 0 Å². The number of benzene rings is 1. The molecule has 0 saturated heterocycles. The van der Waals surface area contributed by atoms with Crippen molar-refractivity contribution in [3.8, 4) is 17.6 Å². The van der Waals surface area contributed by atoms with E-state index in [0.717, 1.165) is 0 Å². The van der Waals surface area contributed by atoms with Gasteiger partial charge in [0.2, 0.25) is 0 Å². The van der Waals surface area contributed by atoms with Crippen molar-refractivity contribution in [1.29, 1.82) is 5.26 Å². The molecular weight excluding hydrogens is 222 g/mol. The highest BCUT2D eigenvalue weighted by Gasteiger charge is 2.01. The van der Waals surface area contributed by atoms with Gasteiger partial charge in [-0.15, -0.1) is 0 Å². The van der Waals surface area contributed by atoms with Crippen LogP contribution in [0.4, 0.5) is 0 Å². The van der Waals surface area contributed by atoms with Crippen molar-refractivity contribution < 1.29 is 19.3 Å². The maximum absolute atomic E-state index is 8.81. The summed E-state index contributed by atoms with van der Waals surface area (Å²) in [5.41, 5.74) is 0.482. The molecule has 0 bridgehead atoms. The minimum Gasteiger partial charge on any atom is -0.497 e. The average molecular weight is 237 g/mol. The van der Waals surface area contributed by atoms with Gasteiger partial charge in [0.1, 0.15) is 18.1 Å². The lowest BCUT2D eigenvalue weighted by molar-refractivity contribution is 0.0704. The van der Waals surface area contributed by atoms with Crippen molar-refractivity contribution >= 4 is 0 Å². The molecule has 1 aromatic rings. The Morgan fingerprint density at radius 3 is 2.59 bits per heavy atom. The van der Waals surface area contributed by atoms with Gasteiger partial charge in [0, 0.05) is 6.07 Å². The molecule has 1 rings (SSSR count). The number of aliphatic hydroxyl groups is 1. The Labute approximate surface area is 100 Å². The van der Waals surface area contributed by atoms with Crippen LogP contribution in [-0.2, 0) is 4.74 Å². The predicted octanol–water partition coefficient (Wildman–Crippen LogP) is 0.955. The van der Waals surface area contributed by atoms with Gasteiger partial charge in [-0.2, -0.15) is 5.26 Å². The third-order valence-corrected chi connectivity index (χ3v) is 1.98. The van der Waals surface area contributed by atoms with E-state index in [9.17, 15) is 0 Å². The number of hydrogen-bond donors (Lipinski definition) is 1. The molecule has 17 heavy (non-hydrogen) atoms. The molecule has 0 aliphatic carbocycles. The lowest BCUT2D eigenvalue weighted by atomic mass is 10.2. The third-order valence-electron chi connectivity index (χ3n) is 1.98. The van der Waals surface area contributed by atoms with Crippen LogP contribution in [0.3, 0.4) is 0 Å². The van der Waals surface area contributed by atoms with E-state index >= 15 is 0 Å². The van der Waals surface area contributed by atoms with Crippen molar-refractivity contribution in [2.75, 3.05) is 33.5 Å². The van der Waals surface area contributed by atoms with Gasteiger partial charge in [-0.05, 0) is 12.1 Å². The Bertz CT molecular complexity index is 387. The van der Waals surface area contributed by atoms with Gasteiger partial charge in [0.25, 0.3) is 0 Å². The largest absolute Gasteiger partial charge is 0.497 e. The second-order valence-electron chi connectivity index (χ2n) is 3.19. The first-order valence-corrected chi connectivity index (χ1v) is 5.20. The zero-order valence-corrected chi connectivity index (χ0v) is 9.68. The topological polar surface area (TPSA) is 71.7 Å². The molecule has 0 heterocycles. The molecule has 1 N–H and O–H groups in total. The summed E-state index contributed by atoms with van der Waals surface area (Å²) >= 11 is 0. The van der Waals surface area contributed by atoms with Crippen LogP contribution in [0.2, 0.25) is 0 Å². The molecular formula is C12H15NO4. The number of aliphatic hydroxyl groups excluding tert-OH is 1. The Morgan fingerprint density at radius 1 is 1.18 bits per heavy atom. The summed E-state index contributed by atoms with van der Waals surface area (Å²) in [5, 5.41) is 17.3. The summed E-state index contributed by atoms with van der Waals surface area (Å²) in [6, 6.07) is 7.00. The molecule has 0 aliphatic rings. The summed E-state index contributed by atoms with van der Waals surface area (Å²) in [5.74, 6) is 1.14. The smallest absolute Gasteiger partial charge is 0.124 e. The van der Waals surface area contributed by atoms with Crippen LogP contribution < -0.4 is 9.47 Å². The van der Waals surface area contributed by atoms with E-state index in [2.05, 4.69) is 0 Å². The molecule has 0 atom stereocenters. The van der Waals surface area contributed by atoms with Gasteiger partial charge in [-0.25, -0.2) is 0 Å². The molecule has 1 aromatic carbocycles. The Kier molecular flexibility index (Phi) is 5.86. The van der Waals surface area contributed by atoms with Gasteiger partial charge >= 0.3 is 0 Å². The van der Waals surface area contributed by atoms with E-state index in [-0.39, 0.29) is 6.61 Å². The zero-order chi connectivity index (χ0) is 12.5. The van der Waals surface area contributed by atoms with Gasteiger partial charge < -0.3 is 19.3 Å². The predicted molar refractivity (Wildman–Crippen MR) is 61.1 cm³/mol. The fourth-order valence-electron chi connectivity index (χ4n) is 1.22. The fraction of sp³-hybridized carbons (Fsp3) is 0.417. The molecule has 0 saturated carbocycles.